The van der Waals surface area contributed by atoms with Crippen LogP contribution in [0.4, 0.5) is 0 Å². The highest BCUT2D eigenvalue weighted by Crippen LogP contribution is 2.68. The molecule has 7 rings (SSSR count). The van der Waals surface area contributed by atoms with E-state index in [1.165, 1.54) is 33.2 Å². The Morgan fingerprint density at radius 2 is 1.06 bits per heavy atom. The summed E-state index contributed by atoms with van der Waals surface area (Å²) in [5.41, 5.74) is 6.45. The number of carbonyl (C=O) groups excluding carboxylic acids is 1. The van der Waals surface area contributed by atoms with Gasteiger partial charge in [0.15, 0.2) is 5.78 Å². The van der Waals surface area contributed by atoms with Crippen molar-refractivity contribution in [3.8, 4) is 22.3 Å². The number of hydrogen-bond acceptors (Lipinski definition) is 1. The van der Waals surface area contributed by atoms with E-state index in [-0.39, 0.29) is 11.8 Å². The van der Waals surface area contributed by atoms with E-state index in [1.807, 2.05) is 12.1 Å². The molecule has 0 N–H and O–H groups in total. The lowest BCUT2D eigenvalue weighted by molar-refractivity contribution is 0.0946. The van der Waals surface area contributed by atoms with E-state index in [4.69, 9.17) is 0 Å². The number of Topliss-reactive ketones (excluding diaryl/α,β-unsaturated/α-hetero) is 1. The van der Waals surface area contributed by atoms with Crippen LogP contribution in [0.5, 0.6) is 0 Å². The second-order valence-corrected chi connectivity index (χ2v) is 8.82. The van der Waals surface area contributed by atoms with E-state index in [0.717, 1.165) is 10.9 Å². The Balaban J connectivity index is 1.61. The van der Waals surface area contributed by atoms with Crippen LogP contribution in [0.2, 0.25) is 0 Å². The quantitative estimate of drug-likeness (QED) is 0.357. The highest BCUT2D eigenvalue weighted by atomic mass is 16.1. The zero-order chi connectivity index (χ0) is 20.6. The molecule has 4 aromatic carbocycles. The van der Waals surface area contributed by atoms with Gasteiger partial charge in [-0.15, -0.1) is 0 Å². The molecule has 0 aromatic heterocycles. The molecule has 1 nitrogen and oxygen atoms in total. The van der Waals surface area contributed by atoms with E-state index in [2.05, 4.69) is 97.1 Å². The minimum Gasteiger partial charge on any atom is -0.293 e. The summed E-state index contributed by atoms with van der Waals surface area (Å²) in [6, 6.07) is 29.8. The third-order valence-corrected chi connectivity index (χ3v) is 7.47. The molecule has 1 heteroatoms. The molecule has 3 aliphatic carbocycles. The summed E-state index contributed by atoms with van der Waals surface area (Å²) < 4.78 is 0. The van der Waals surface area contributed by atoms with Gasteiger partial charge in [0, 0.05) is 17.4 Å². The number of hydrogen-bond donors (Lipinski definition) is 0. The van der Waals surface area contributed by atoms with Crippen molar-refractivity contribution in [3.05, 3.63) is 120 Å². The summed E-state index contributed by atoms with van der Waals surface area (Å²) in [6.07, 6.45) is 8.64. The average Bonchev–Trinajstić information content (AvgIpc) is 3.45. The van der Waals surface area contributed by atoms with Gasteiger partial charge in [-0.1, -0.05) is 109 Å². The van der Waals surface area contributed by atoms with Crippen molar-refractivity contribution in [2.45, 2.75) is 5.41 Å². The average molecular weight is 396 g/mol. The van der Waals surface area contributed by atoms with E-state index in [0.29, 0.717) is 5.78 Å². The molecule has 0 bridgehead atoms. The molecule has 0 amide bonds. The van der Waals surface area contributed by atoms with Crippen molar-refractivity contribution in [1.82, 2.24) is 0 Å². The van der Waals surface area contributed by atoms with Gasteiger partial charge in [0.05, 0.1) is 5.41 Å². The first-order valence-corrected chi connectivity index (χ1v) is 10.9. The Morgan fingerprint density at radius 1 is 0.548 bits per heavy atom. The summed E-state index contributed by atoms with van der Waals surface area (Å²) in [7, 11) is 0. The van der Waals surface area contributed by atoms with Crippen LogP contribution < -0.4 is 0 Å². The van der Waals surface area contributed by atoms with Crippen molar-refractivity contribution < 1.29 is 4.79 Å². The third kappa shape index (κ3) is 2.04. The van der Waals surface area contributed by atoms with Crippen molar-refractivity contribution in [2.24, 2.45) is 11.8 Å². The molecule has 0 aliphatic heterocycles. The molecule has 3 aliphatic rings. The van der Waals surface area contributed by atoms with Crippen LogP contribution in [0, 0.1) is 11.8 Å². The SMILES string of the molecule is O=C1c2ccc(-c3ccccc3)c3c(-c4ccccc4)ccc(c23)C12[C@@H]1C=CC=C[C@@H]12. The number of fused-ring (bicyclic) bond motifs is 4. The lowest BCUT2D eigenvalue weighted by Crippen LogP contribution is -2.18. The van der Waals surface area contributed by atoms with E-state index in [9.17, 15) is 4.79 Å². The van der Waals surface area contributed by atoms with E-state index in [1.54, 1.807) is 0 Å². The summed E-state index contributed by atoms with van der Waals surface area (Å²) in [4.78, 5) is 13.9. The van der Waals surface area contributed by atoms with Gasteiger partial charge in [-0.3, -0.25) is 4.79 Å². The van der Waals surface area contributed by atoms with Gasteiger partial charge in [0.1, 0.15) is 0 Å². The maximum absolute atomic E-state index is 13.9. The Labute approximate surface area is 181 Å². The van der Waals surface area contributed by atoms with Crippen LogP contribution in [0.15, 0.2) is 109 Å². The number of benzene rings is 4. The second kappa shape index (κ2) is 5.92. The van der Waals surface area contributed by atoms with Crippen LogP contribution in [0.3, 0.4) is 0 Å². The molecule has 3 atom stereocenters. The number of rotatable bonds is 2. The molecule has 1 fully saturated rings. The van der Waals surface area contributed by atoms with Crippen LogP contribution >= 0.6 is 0 Å². The molecule has 0 heterocycles. The summed E-state index contributed by atoms with van der Waals surface area (Å²) >= 11 is 0. The van der Waals surface area contributed by atoms with Gasteiger partial charge in [-0.05, 0) is 38.6 Å². The van der Waals surface area contributed by atoms with Crippen LogP contribution in [-0.4, -0.2) is 5.78 Å². The molecule has 1 spiro atoms. The second-order valence-electron chi connectivity index (χ2n) is 8.82. The topological polar surface area (TPSA) is 17.1 Å². The molecular formula is C30H20O. The minimum atomic E-state index is -0.408. The first-order valence-electron chi connectivity index (χ1n) is 10.9. The smallest absolute Gasteiger partial charge is 0.175 e. The van der Waals surface area contributed by atoms with Crippen molar-refractivity contribution in [3.63, 3.8) is 0 Å². The lowest BCUT2D eigenvalue weighted by atomic mass is 9.87. The molecule has 31 heavy (non-hydrogen) atoms. The standard InChI is InChI=1S/C30H20O/c31-29-23-16-15-21(19-9-3-1-4-10-19)27-22(20-11-5-2-6-12-20)17-18-26(28(23)27)30(29)24-13-7-8-14-25(24)30/h1-18,24-25H/t24-,25+,30?. The maximum Gasteiger partial charge on any atom is 0.175 e. The normalized spacial score (nSPS) is 24.7. The first-order chi connectivity index (χ1) is 15.3. The Bertz CT molecular complexity index is 1380. The molecule has 146 valence electrons. The van der Waals surface area contributed by atoms with Gasteiger partial charge in [0.2, 0.25) is 0 Å². The fourth-order valence-electron chi connectivity index (χ4n) is 6.11. The van der Waals surface area contributed by atoms with Crippen molar-refractivity contribution >= 4 is 16.6 Å². The van der Waals surface area contributed by atoms with Gasteiger partial charge < -0.3 is 0 Å². The summed E-state index contributed by atoms with van der Waals surface area (Å²) in [6.45, 7) is 0. The Morgan fingerprint density at radius 3 is 1.65 bits per heavy atom. The minimum absolute atomic E-state index is 0.281. The summed E-state index contributed by atoms with van der Waals surface area (Å²) in [5.74, 6) is 0.857. The Hall–Kier alpha value is -3.71. The monoisotopic (exact) mass is 396 g/mol. The highest BCUT2D eigenvalue weighted by Gasteiger charge is 2.70. The van der Waals surface area contributed by atoms with Crippen LogP contribution in [-0.2, 0) is 5.41 Å². The highest BCUT2D eigenvalue weighted by molar-refractivity contribution is 6.26. The lowest BCUT2D eigenvalue weighted by Gasteiger charge is -2.15. The third-order valence-electron chi connectivity index (χ3n) is 7.47. The number of ketones is 1. The number of carbonyl (C=O) groups is 1. The van der Waals surface area contributed by atoms with Gasteiger partial charge in [-0.25, -0.2) is 0 Å². The van der Waals surface area contributed by atoms with E-state index < -0.39 is 5.41 Å². The first kappa shape index (κ1) is 17.0. The van der Waals surface area contributed by atoms with Gasteiger partial charge >= 0.3 is 0 Å². The predicted octanol–water partition coefficient (Wildman–Crippen LogP) is 6.98. The molecule has 1 unspecified atom stereocenters. The fraction of sp³-hybridized carbons (Fsp3) is 0.100. The number of allylic oxidation sites excluding steroid dienone is 4. The zero-order valence-corrected chi connectivity index (χ0v) is 17.0. The van der Waals surface area contributed by atoms with Gasteiger partial charge in [0.25, 0.3) is 0 Å². The van der Waals surface area contributed by atoms with E-state index >= 15 is 0 Å². The maximum atomic E-state index is 13.9. The van der Waals surface area contributed by atoms with Crippen LogP contribution in [0.25, 0.3) is 33.0 Å². The predicted molar refractivity (Wildman–Crippen MR) is 126 cm³/mol. The largest absolute Gasteiger partial charge is 0.293 e. The summed E-state index contributed by atoms with van der Waals surface area (Å²) in [5, 5.41) is 2.36. The van der Waals surface area contributed by atoms with Crippen LogP contribution in [0.1, 0.15) is 15.9 Å². The van der Waals surface area contributed by atoms with Gasteiger partial charge in [-0.2, -0.15) is 0 Å². The molecule has 0 radical (unpaired) electrons. The molecule has 1 saturated carbocycles. The van der Waals surface area contributed by atoms with Crippen molar-refractivity contribution in [2.75, 3.05) is 0 Å². The molecule has 4 aromatic rings. The fourth-order valence-corrected chi connectivity index (χ4v) is 6.11. The molecular weight excluding hydrogens is 376 g/mol. The van der Waals surface area contributed by atoms with Crippen molar-refractivity contribution in [1.29, 1.82) is 0 Å². The zero-order valence-electron chi connectivity index (χ0n) is 17.0. The Kier molecular flexibility index (Phi) is 3.25. The molecule has 0 saturated heterocycles.